The Hall–Kier alpha value is -3.43. The van der Waals surface area contributed by atoms with Gasteiger partial charge in [-0.15, -0.1) is 0 Å². The average molecular weight is 482 g/mol. The van der Waals surface area contributed by atoms with Crippen LogP contribution in [0.5, 0.6) is 0 Å². The highest BCUT2D eigenvalue weighted by Gasteiger charge is 2.26. The van der Waals surface area contributed by atoms with E-state index in [1.54, 1.807) is 19.2 Å². The molecule has 1 aliphatic heterocycles. The molecule has 10 heteroatoms. The minimum absolute atomic E-state index is 0.00152. The fourth-order valence-electron chi connectivity index (χ4n) is 4.55. The zero-order valence-electron chi connectivity index (χ0n) is 18.9. The lowest BCUT2D eigenvalue weighted by atomic mass is 10.1. The lowest BCUT2D eigenvalue weighted by Crippen LogP contribution is -2.26. The first-order chi connectivity index (χ1) is 16.4. The Bertz CT molecular complexity index is 1490. The van der Waals surface area contributed by atoms with Gasteiger partial charge in [0, 0.05) is 12.0 Å². The zero-order chi connectivity index (χ0) is 24.0. The van der Waals surface area contributed by atoms with Gasteiger partial charge in [-0.1, -0.05) is 17.7 Å². The van der Waals surface area contributed by atoms with Crippen LogP contribution in [0.1, 0.15) is 48.3 Å². The second-order valence-electron chi connectivity index (χ2n) is 8.23. The third-order valence-electron chi connectivity index (χ3n) is 6.11. The maximum Gasteiger partial charge on any atom is 0.344 e. The molecule has 1 unspecified atom stereocenters. The quantitative estimate of drug-likeness (QED) is 0.344. The first-order valence-corrected chi connectivity index (χ1v) is 11.6. The van der Waals surface area contributed by atoms with E-state index < -0.39 is 11.5 Å². The molecule has 1 atom stereocenters. The summed E-state index contributed by atoms with van der Waals surface area (Å²) in [5, 5.41) is 5.65. The molecule has 0 spiro atoms. The number of carbonyl (C=O) groups excluding carboxylic acids is 1. The van der Waals surface area contributed by atoms with Crippen molar-refractivity contribution in [1.82, 2.24) is 19.3 Å². The summed E-state index contributed by atoms with van der Waals surface area (Å²) in [4.78, 5) is 30.8. The molecule has 4 aromatic rings. The number of hydrogen-bond acceptors (Lipinski definition) is 7. The van der Waals surface area contributed by atoms with Gasteiger partial charge in [0.25, 0.3) is 5.56 Å². The molecule has 34 heavy (non-hydrogen) atoms. The molecule has 5 rings (SSSR count). The van der Waals surface area contributed by atoms with E-state index in [1.165, 1.54) is 10.6 Å². The van der Waals surface area contributed by atoms with Crippen molar-refractivity contribution in [3.8, 4) is 5.69 Å². The van der Waals surface area contributed by atoms with E-state index in [0.717, 1.165) is 35.7 Å². The minimum Gasteiger partial charge on any atom is -0.462 e. The smallest absolute Gasteiger partial charge is 0.344 e. The Labute approximate surface area is 200 Å². The van der Waals surface area contributed by atoms with Crippen LogP contribution in [-0.4, -0.2) is 38.5 Å². The van der Waals surface area contributed by atoms with Crippen molar-refractivity contribution in [1.29, 1.82) is 0 Å². The molecule has 1 fully saturated rings. The molecule has 3 aromatic heterocycles. The molecule has 1 saturated heterocycles. The summed E-state index contributed by atoms with van der Waals surface area (Å²) in [7, 11) is 0. The van der Waals surface area contributed by atoms with E-state index in [4.69, 9.17) is 26.8 Å². The van der Waals surface area contributed by atoms with Crippen molar-refractivity contribution in [2.75, 3.05) is 18.9 Å². The Kier molecular flexibility index (Phi) is 5.75. The summed E-state index contributed by atoms with van der Waals surface area (Å²) in [6, 6.07) is 6.90. The van der Waals surface area contributed by atoms with Gasteiger partial charge in [0.1, 0.15) is 16.5 Å². The fourth-order valence-corrected chi connectivity index (χ4v) is 4.69. The van der Waals surface area contributed by atoms with Crippen molar-refractivity contribution in [3.05, 3.63) is 57.1 Å². The predicted molar refractivity (Wildman–Crippen MR) is 130 cm³/mol. The average Bonchev–Trinajstić information content (AvgIpc) is 3.25. The molecule has 0 amide bonds. The molecule has 4 heterocycles. The summed E-state index contributed by atoms with van der Waals surface area (Å²) < 4.78 is 14.3. The Morgan fingerprint density at radius 3 is 2.82 bits per heavy atom. The molecule has 0 radical (unpaired) electrons. The van der Waals surface area contributed by atoms with Crippen molar-refractivity contribution in [2.24, 2.45) is 0 Å². The van der Waals surface area contributed by atoms with Crippen molar-refractivity contribution in [2.45, 2.75) is 39.3 Å². The maximum absolute atomic E-state index is 13.7. The normalized spacial score (nSPS) is 16.3. The second kappa shape index (κ2) is 8.73. The number of fused-ring (bicyclic) bond motifs is 2. The number of hydrogen-bond donors (Lipinski definition) is 1. The number of aromatic nitrogens is 4. The van der Waals surface area contributed by atoms with E-state index in [9.17, 15) is 9.59 Å². The molecule has 0 saturated carbocycles. The third kappa shape index (κ3) is 3.52. The second-order valence-corrected chi connectivity index (χ2v) is 8.61. The highest BCUT2D eigenvalue weighted by molar-refractivity contribution is 6.30. The lowest BCUT2D eigenvalue weighted by Gasteiger charge is -2.23. The number of rotatable bonds is 4. The van der Waals surface area contributed by atoms with Gasteiger partial charge in [-0.3, -0.25) is 9.36 Å². The van der Waals surface area contributed by atoms with Gasteiger partial charge in [-0.25, -0.2) is 14.5 Å². The molecule has 1 aromatic carbocycles. The van der Waals surface area contributed by atoms with Gasteiger partial charge in [-0.05, 0) is 56.9 Å². The summed E-state index contributed by atoms with van der Waals surface area (Å²) in [5.74, 6) is -0.743. The third-order valence-corrected chi connectivity index (χ3v) is 6.32. The van der Waals surface area contributed by atoms with E-state index in [-0.39, 0.29) is 40.3 Å². The fraction of sp³-hybridized carbons (Fsp3) is 0.333. The number of anilines is 1. The van der Waals surface area contributed by atoms with Crippen molar-refractivity contribution in [3.63, 3.8) is 0 Å². The zero-order valence-corrected chi connectivity index (χ0v) is 19.6. The van der Waals surface area contributed by atoms with Crippen molar-refractivity contribution < 1.29 is 14.3 Å². The van der Waals surface area contributed by atoms with Crippen LogP contribution in [-0.2, 0) is 9.47 Å². The summed E-state index contributed by atoms with van der Waals surface area (Å²) in [5.41, 5.74) is 8.35. The SMILES string of the molecule is CCOC(=O)c1c(N)n(-c2c(C)ccc3c2cnn3C2CCCCO2)c(=O)c2ccc(Cl)nc12. The lowest BCUT2D eigenvalue weighted by molar-refractivity contribution is -0.0366. The van der Waals surface area contributed by atoms with E-state index >= 15 is 0 Å². The number of carbonyl (C=O) groups is 1. The van der Waals surface area contributed by atoms with Gasteiger partial charge in [0.2, 0.25) is 0 Å². The van der Waals surface area contributed by atoms with Crippen LogP contribution in [0.25, 0.3) is 27.5 Å². The van der Waals surface area contributed by atoms with Crippen molar-refractivity contribution >= 4 is 45.2 Å². The molecule has 176 valence electrons. The monoisotopic (exact) mass is 481 g/mol. The number of ether oxygens (including phenoxy) is 2. The van der Waals surface area contributed by atoms with E-state index in [1.807, 2.05) is 23.7 Å². The number of nitrogens with zero attached hydrogens (tertiary/aromatic N) is 4. The summed E-state index contributed by atoms with van der Waals surface area (Å²) in [6.45, 7) is 4.39. The van der Waals surface area contributed by atoms with E-state index in [0.29, 0.717) is 12.3 Å². The molecule has 1 aliphatic rings. The topological polar surface area (TPSA) is 114 Å². The predicted octanol–water partition coefficient (Wildman–Crippen LogP) is 4.16. The van der Waals surface area contributed by atoms with Gasteiger partial charge >= 0.3 is 5.97 Å². The van der Waals surface area contributed by atoms with Gasteiger partial charge in [-0.2, -0.15) is 5.10 Å². The first-order valence-electron chi connectivity index (χ1n) is 11.2. The number of esters is 1. The molecule has 0 aliphatic carbocycles. The molecular weight excluding hydrogens is 458 g/mol. The number of aryl methyl sites for hydroxylation is 1. The molecule has 0 bridgehead atoms. The molecule has 9 nitrogen and oxygen atoms in total. The standard InChI is InChI=1S/C24H24ClN5O4/c1-3-33-24(32)19-20-14(8-10-17(25)28-20)23(31)29(22(19)26)21-13(2)7-9-16-15(21)12-27-30(16)18-6-4-5-11-34-18/h7-10,12,18H,3-6,11,26H2,1-2H3. The van der Waals surface area contributed by atoms with E-state index in [2.05, 4.69) is 10.1 Å². The van der Waals surface area contributed by atoms with Crippen LogP contribution in [0.4, 0.5) is 5.82 Å². The maximum atomic E-state index is 13.7. The van der Waals surface area contributed by atoms with Crippen LogP contribution in [0.15, 0.2) is 35.3 Å². The molecular formula is C24H24ClN5O4. The van der Waals surface area contributed by atoms with Crippen LogP contribution in [0.2, 0.25) is 5.15 Å². The van der Waals surface area contributed by atoms with Crippen LogP contribution >= 0.6 is 11.6 Å². The first kappa shape index (κ1) is 22.4. The Morgan fingerprint density at radius 2 is 2.09 bits per heavy atom. The van der Waals surface area contributed by atoms with Gasteiger partial charge in [0.05, 0.1) is 34.9 Å². The highest BCUT2D eigenvalue weighted by Crippen LogP contribution is 2.33. The largest absolute Gasteiger partial charge is 0.462 e. The summed E-state index contributed by atoms with van der Waals surface area (Å²) in [6.07, 6.45) is 4.47. The van der Waals surface area contributed by atoms with Gasteiger partial charge < -0.3 is 15.2 Å². The number of halogens is 1. The number of benzene rings is 1. The summed E-state index contributed by atoms with van der Waals surface area (Å²) >= 11 is 6.08. The number of nitrogens with two attached hydrogens (primary N) is 1. The van der Waals surface area contributed by atoms with Crippen LogP contribution in [0.3, 0.4) is 0 Å². The number of nitrogen functional groups attached to an aromatic ring is 1. The molecule has 2 N–H and O–H groups in total. The Balaban J connectivity index is 1.83. The number of pyridine rings is 2. The minimum atomic E-state index is -0.676. The highest BCUT2D eigenvalue weighted by atomic mass is 35.5. The van der Waals surface area contributed by atoms with Crippen LogP contribution in [0, 0.1) is 6.92 Å². The Morgan fingerprint density at radius 1 is 1.26 bits per heavy atom. The van der Waals surface area contributed by atoms with Crippen LogP contribution < -0.4 is 11.3 Å². The van der Waals surface area contributed by atoms with Gasteiger partial charge in [0.15, 0.2) is 6.23 Å².